The highest BCUT2D eigenvalue weighted by molar-refractivity contribution is 5.96. The van der Waals surface area contributed by atoms with Crippen LogP contribution in [0.1, 0.15) is 19.2 Å². The van der Waals surface area contributed by atoms with Crippen molar-refractivity contribution in [3.8, 4) is 11.3 Å². The average Bonchev–Trinajstić information content (AvgIpc) is 3.15. The largest absolute Gasteiger partial charge is 0.472 e. The molecule has 7 nitrogen and oxygen atoms in total. The molecule has 23 heavy (non-hydrogen) atoms. The van der Waals surface area contributed by atoms with Gasteiger partial charge in [0, 0.05) is 5.56 Å². The first-order valence-corrected chi connectivity index (χ1v) is 7.22. The van der Waals surface area contributed by atoms with Gasteiger partial charge in [0.15, 0.2) is 17.3 Å². The highest BCUT2D eigenvalue weighted by Crippen LogP contribution is 2.20. The molecule has 0 unspecified atom stereocenters. The van der Waals surface area contributed by atoms with Gasteiger partial charge in [0.05, 0.1) is 31.2 Å². The fraction of sp³-hybridized carbons (Fsp3) is 0.250. The molecule has 0 aliphatic carbocycles. The van der Waals surface area contributed by atoms with Crippen molar-refractivity contribution >= 4 is 17.4 Å². The Labute approximate surface area is 131 Å². The minimum atomic E-state index is -0.527. The molecule has 3 aromatic rings. The Bertz CT molecular complexity index is 836. The van der Waals surface area contributed by atoms with E-state index in [1.807, 2.05) is 18.2 Å². The Balaban J connectivity index is 1.82. The van der Waals surface area contributed by atoms with E-state index < -0.39 is 5.97 Å². The highest BCUT2D eigenvalue weighted by atomic mass is 16.5. The highest BCUT2D eigenvalue weighted by Gasteiger charge is 2.15. The molecular weight excluding hydrogens is 298 g/mol. The number of pyridine rings is 1. The summed E-state index contributed by atoms with van der Waals surface area (Å²) >= 11 is 0. The predicted octanol–water partition coefficient (Wildman–Crippen LogP) is 2.05. The second-order valence-electron chi connectivity index (χ2n) is 4.92. The van der Waals surface area contributed by atoms with Crippen LogP contribution in [0.5, 0.6) is 0 Å². The number of aromatic nitrogens is 3. The molecule has 0 aliphatic rings. The smallest absolute Gasteiger partial charge is 0.313 e. The lowest BCUT2D eigenvalue weighted by molar-refractivity contribution is -0.145. The molecule has 0 atom stereocenters. The number of nitrogens with zero attached hydrogens (tertiary/aromatic N) is 3. The quantitative estimate of drug-likeness (QED) is 0.511. The van der Waals surface area contributed by atoms with E-state index in [2.05, 4.69) is 10.1 Å². The van der Waals surface area contributed by atoms with Crippen LogP contribution in [0.3, 0.4) is 0 Å². The van der Waals surface area contributed by atoms with Crippen molar-refractivity contribution in [1.29, 1.82) is 0 Å². The molecule has 0 aliphatic heterocycles. The molecule has 7 heteroatoms. The fourth-order valence-corrected chi connectivity index (χ4v) is 2.27. The number of hydrogen-bond acceptors (Lipinski definition) is 6. The molecular formula is C16H15N3O4. The lowest BCUT2D eigenvalue weighted by atomic mass is 10.2. The molecule has 3 aromatic heterocycles. The number of rotatable bonds is 6. The van der Waals surface area contributed by atoms with E-state index in [-0.39, 0.29) is 25.2 Å². The summed E-state index contributed by atoms with van der Waals surface area (Å²) in [7, 11) is 0. The summed E-state index contributed by atoms with van der Waals surface area (Å²) in [5, 5.41) is 4.35. The molecule has 0 spiro atoms. The molecule has 3 rings (SSSR count). The first-order chi connectivity index (χ1) is 11.2. The molecule has 0 bridgehead atoms. The first-order valence-electron chi connectivity index (χ1n) is 7.22. The van der Waals surface area contributed by atoms with E-state index in [9.17, 15) is 9.59 Å². The van der Waals surface area contributed by atoms with E-state index >= 15 is 0 Å². The molecule has 0 radical (unpaired) electrons. The van der Waals surface area contributed by atoms with Gasteiger partial charge in [0.1, 0.15) is 6.42 Å². The van der Waals surface area contributed by atoms with Gasteiger partial charge in [0.2, 0.25) is 0 Å². The van der Waals surface area contributed by atoms with Crippen LogP contribution in [0.4, 0.5) is 0 Å². The van der Waals surface area contributed by atoms with Gasteiger partial charge in [-0.05, 0) is 25.1 Å². The van der Waals surface area contributed by atoms with Gasteiger partial charge >= 0.3 is 5.97 Å². The fourth-order valence-electron chi connectivity index (χ4n) is 2.27. The zero-order valence-corrected chi connectivity index (χ0v) is 12.6. The zero-order valence-electron chi connectivity index (χ0n) is 12.6. The van der Waals surface area contributed by atoms with Crippen LogP contribution in [0, 0.1) is 0 Å². The van der Waals surface area contributed by atoms with Gasteiger partial charge in [-0.1, -0.05) is 6.07 Å². The SMILES string of the molecule is CCOC(=O)CC(=O)Cc1nc2cccc(-c3ccoc3)n2n1. The summed E-state index contributed by atoms with van der Waals surface area (Å²) in [5.41, 5.74) is 2.31. The summed E-state index contributed by atoms with van der Waals surface area (Å²) in [4.78, 5) is 27.5. The van der Waals surface area contributed by atoms with Crippen molar-refractivity contribution in [2.45, 2.75) is 19.8 Å². The molecule has 3 heterocycles. The van der Waals surface area contributed by atoms with E-state index in [1.54, 1.807) is 30.0 Å². The summed E-state index contributed by atoms with van der Waals surface area (Å²) in [6.45, 7) is 1.95. The van der Waals surface area contributed by atoms with Crippen molar-refractivity contribution in [1.82, 2.24) is 14.6 Å². The third kappa shape index (κ3) is 3.28. The predicted molar refractivity (Wildman–Crippen MR) is 80.7 cm³/mol. The summed E-state index contributed by atoms with van der Waals surface area (Å²) in [6, 6.07) is 7.37. The number of hydrogen-bond donors (Lipinski definition) is 0. The van der Waals surface area contributed by atoms with Gasteiger partial charge in [-0.25, -0.2) is 9.50 Å². The van der Waals surface area contributed by atoms with Crippen molar-refractivity contribution in [3.63, 3.8) is 0 Å². The van der Waals surface area contributed by atoms with Gasteiger partial charge < -0.3 is 9.15 Å². The average molecular weight is 313 g/mol. The van der Waals surface area contributed by atoms with E-state index in [4.69, 9.17) is 9.15 Å². The monoisotopic (exact) mass is 313 g/mol. The molecule has 0 amide bonds. The second-order valence-corrected chi connectivity index (χ2v) is 4.92. The Hall–Kier alpha value is -2.96. The van der Waals surface area contributed by atoms with Crippen LogP contribution in [-0.2, 0) is 20.7 Å². The molecule has 0 saturated heterocycles. The normalized spacial score (nSPS) is 10.8. The Morgan fingerprint density at radius 3 is 2.91 bits per heavy atom. The molecule has 0 saturated carbocycles. The first kappa shape index (κ1) is 15.0. The number of esters is 1. The van der Waals surface area contributed by atoms with E-state index in [0.717, 1.165) is 11.3 Å². The number of fused-ring (bicyclic) bond motifs is 1. The van der Waals surface area contributed by atoms with Gasteiger partial charge in [-0.15, -0.1) is 0 Å². The van der Waals surface area contributed by atoms with Crippen LogP contribution in [-0.4, -0.2) is 33.0 Å². The number of Topliss-reactive ketones (excluding diaryl/α,β-unsaturated/α-hetero) is 1. The summed E-state index contributed by atoms with van der Waals surface area (Å²) < 4.78 is 11.5. The third-order valence-corrected chi connectivity index (χ3v) is 3.22. The maximum atomic E-state index is 11.9. The minimum Gasteiger partial charge on any atom is -0.472 e. The van der Waals surface area contributed by atoms with Crippen LogP contribution >= 0.6 is 0 Å². The summed E-state index contributed by atoms with van der Waals surface area (Å²) in [6.07, 6.45) is 2.92. The molecule has 0 N–H and O–H groups in total. The molecule has 0 aromatic carbocycles. The second kappa shape index (κ2) is 6.43. The lowest BCUT2D eigenvalue weighted by Gasteiger charge is -2.00. The third-order valence-electron chi connectivity index (χ3n) is 3.22. The van der Waals surface area contributed by atoms with Crippen LogP contribution in [0.15, 0.2) is 41.2 Å². The number of carbonyl (C=O) groups excluding carboxylic acids is 2. The van der Waals surface area contributed by atoms with Crippen molar-refractivity contribution in [3.05, 3.63) is 42.6 Å². The Morgan fingerprint density at radius 1 is 1.30 bits per heavy atom. The number of furan rings is 1. The van der Waals surface area contributed by atoms with Crippen molar-refractivity contribution < 1.29 is 18.7 Å². The van der Waals surface area contributed by atoms with Gasteiger partial charge in [-0.3, -0.25) is 9.59 Å². The molecule has 0 fully saturated rings. The van der Waals surface area contributed by atoms with E-state index in [1.165, 1.54) is 0 Å². The number of carbonyl (C=O) groups is 2. The minimum absolute atomic E-state index is 0.00861. The number of ether oxygens (including phenoxy) is 1. The van der Waals surface area contributed by atoms with Gasteiger partial charge in [-0.2, -0.15) is 5.10 Å². The van der Waals surface area contributed by atoms with Crippen molar-refractivity contribution in [2.24, 2.45) is 0 Å². The standard InChI is InChI=1S/C16H15N3O4/c1-2-23-16(21)9-12(20)8-14-17-15-5-3-4-13(19(15)18-14)11-6-7-22-10-11/h3-7,10H,2,8-9H2,1H3. The van der Waals surface area contributed by atoms with Gasteiger partial charge in [0.25, 0.3) is 0 Å². The van der Waals surface area contributed by atoms with Crippen molar-refractivity contribution in [2.75, 3.05) is 6.61 Å². The van der Waals surface area contributed by atoms with Crippen LogP contribution in [0.2, 0.25) is 0 Å². The zero-order chi connectivity index (χ0) is 16.2. The Morgan fingerprint density at radius 2 is 2.17 bits per heavy atom. The lowest BCUT2D eigenvalue weighted by Crippen LogP contribution is -2.13. The maximum absolute atomic E-state index is 11.9. The topological polar surface area (TPSA) is 86.7 Å². The van der Waals surface area contributed by atoms with E-state index in [0.29, 0.717) is 11.5 Å². The number of ketones is 1. The van der Waals surface area contributed by atoms with Crippen LogP contribution < -0.4 is 0 Å². The van der Waals surface area contributed by atoms with Crippen LogP contribution in [0.25, 0.3) is 16.9 Å². The Kier molecular flexibility index (Phi) is 4.18. The summed E-state index contributed by atoms with van der Waals surface area (Å²) in [5.74, 6) is -0.431. The maximum Gasteiger partial charge on any atom is 0.313 e. The molecule has 118 valence electrons.